The summed E-state index contributed by atoms with van der Waals surface area (Å²) in [4.78, 5) is 0. The molecule has 0 aliphatic carbocycles. The Hall–Kier alpha value is 3.49. The quantitative estimate of drug-likeness (QED) is 0.390. The van der Waals surface area contributed by atoms with Crippen LogP contribution in [0.25, 0.3) is 0 Å². The van der Waals surface area contributed by atoms with Gasteiger partial charge in [0.25, 0.3) is 0 Å². The van der Waals surface area contributed by atoms with Crippen LogP contribution in [0.2, 0.25) is 0 Å². The van der Waals surface area contributed by atoms with E-state index in [9.17, 15) is 0 Å². The third-order valence-corrected chi connectivity index (χ3v) is 0. The Balaban J connectivity index is -0.000000000833. The molecule has 0 heterocycles. The molecule has 0 atom stereocenters. The summed E-state index contributed by atoms with van der Waals surface area (Å²) in [5.74, 6) is 0. The molecular formula is H3BHfNbSiTiZr. The molecule has 0 amide bonds. The topological polar surface area (TPSA) is 0 Å². The summed E-state index contributed by atoms with van der Waals surface area (Å²) < 4.78 is 0. The SMILES string of the molecule is [B][SiH3].[Hf].[Nb].[Ti].[Zr]. The van der Waals surface area contributed by atoms with E-state index in [-0.39, 0.29) is 96.1 Å². The summed E-state index contributed by atoms with van der Waals surface area (Å²) in [5.41, 5.74) is 0. The molecule has 0 aromatic heterocycles. The van der Waals surface area contributed by atoms with E-state index >= 15 is 0 Å². The zero-order valence-electron chi connectivity index (χ0n) is 3.52. The normalized spacial score (nSPS) is 1.33. The van der Waals surface area contributed by atoms with Crippen molar-refractivity contribution in [1.82, 2.24) is 0 Å². The number of rotatable bonds is 0. The van der Waals surface area contributed by atoms with Gasteiger partial charge in [0.05, 0.1) is 0 Å². The van der Waals surface area contributed by atoms with Gasteiger partial charge >= 0.3 is 0 Å². The van der Waals surface area contributed by atoms with Gasteiger partial charge in [-0.15, -0.1) is 0 Å². The Labute approximate surface area is 111 Å². The zero-order valence-corrected chi connectivity index (χ0v) is 15.3. The van der Waals surface area contributed by atoms with Crippen LogP contribution >= 0.6 is 0 Å². The van der Waals surface area contributed by atoms with E-state index < -0.39 is 0 Å². The predicted octanol–water partition coefficient (Wildman–Crippen LogP) is -1.57. The second-order valence-electron chi connectivity index (χ2n) is 0. The molecule has 0 fully saturated rings. The van der Waals surface area contributed by atoms with Gasteiger partial charge in [-0.2, -0.15) is 0 Å². The van der Waals surface area contributed by atoms with E-state index in [0.29, 0.717) is 0 Å². The van der Waals surface area contributed by atoms with Crippen molar-refractivity contribution >= 4 is 17.6 Å². The van der Waals surface area contributed by atoms with E-state index in [1.807, 2.05) is 0 Å². The van der Waals surface area contributed by atoms with Crippen molar-refractivity contribution in [3.8, 4) is 0 Å². The first-order valence-electron chi connectivity index (χ1n) is 0.577. The van der Waals surface area contributed by atoms with Crippen LogP contribution in [-0.2, 0) is 96.1 Å². The summed E-state index contributed by atoms with van der Waals surface area (Å²) in [6.07, 6.45) is 0. The average molecular weight is 452 g/mol. The van der Waals surface area contributed by atoms with Crippen molar-refractivity contribution in [3.05, 3.63) is 0 Å². The second-order valence-corrected chi connectivity index (χ2v) is 0. The van der Waals surface area contributed by atoms with Crippen molar-refractivity contribution in [2.24, 2.45) is 0 Å². The summed E-state index contributed by atoms with van der Waals surface area (Å²) in [7, 11) is 5.44. The molecule has 0 unspecified atom stereocenters. The predicted molar refractivity (Wildman–Crippen MR) is 15.7 cm³/mol. The molecule has 0 rings (SSSR count). The maximum absolute atomic E-state index is 4.64. The largest absolute Gasteiger partial charge is 0.0434 e. The van der Waals surface area contributed by atoms with Gasteiger partial charge < -0.3 is 0 Å². The average Bonchev–Trinajstić information content (AvgIpc) is 1.00. The van der Waals surface area contributed by atoms with Crippen molar-refractivity contribution < 1.29 is 96.1 Å². The monoisotopic (exact) mass is 453 g/mol. The van der Waals surface area contributed by atoms with Gasteiger partial charge in [-0.05, 0) is 10.1 Å². The Bertz CT molecular complexity index is 15.5. The molecule has 0 aromatic carbocycles. The van der Waals surface area contributed by atoms with Crippen LogP contribution in [0.4, 0.5) is 0 Å². The first-order valence-corrected chi connectivity index (χ1v) is 1.73. The molecule has 0 aliphatic heterocycles. The van der Waals surface area contributed by atoms with Crippen molar-refractivity contribution in [2.75, 3.05) is 0 Å². The van der Waals surface area contributed by atoms with Crippen LogP contribution in [-0.4, -0.2) is 17.6 Å². The molecule has 0 N–H and O–H groups in total. The van der Waals surface area contributed by atoms with Gasteiger partial charge in [0.1, 0.15) is 0 Å². The van der Waals surface area contributed by atoms with Gasteiger partial charge in [0.2, 0.25) is 0 Å². The van der Waals surface area contributed by atoms with Crippen LogP contribution in [0, 0.1) is 0 Å². The summed E-state index contributed by atoms with van der Waals surface area (Å²) in [6, 6.07) is 0. The molecule has 0 saturated heterocycles. The van der Waals surface area contributed by atoms with E-state index in [1.165, 1.54) is 0 Å². The van der Waals surface area contributed by atoms with Gasteiger partial charge in [0.15, 0.2) is 0 Å². The molecule has 0 aromatic rings. The van der Waals surface area contributed by atoms with Crippen LogP contribution in [0.15, 0.2) is 0 Å². The van der Waals surface area contributed by atoms with Crippen molar-refractivity contribution in [1.29, 1.82) is 0 Å². The Morgan fingerprint density at radius 3 is 1.17 bits per heavy atom. The summed E-state index contributed by atoms with van der Waals surface area (Å²) in [5, 5.41) is 0. The van der Waals surface area contributed by atoms with Gasteiger partial charge in [-0.25, -0.2) is 0 Å². The zero-order chi connectivity index (χ0) is 2.00. The first-order chi connectivity index (χ1) is 1.00. The van der Waals surface area contributed by atoms with Gasteiger partial charge in [-0.1, -0.05) is 0 Å². The van der Waals surface area contributed by atoms with Crippen LogP contribution < -0.4 is 0 Å². The number of hydrogen-bond acceptors (Lipinski definition) is 0. The third-order valence-electron chi connectivity index (χ3n) is 0. The molecule has 0 saturated carbocycles. The molecule has 0 spiro atoms. The molecule has 0 bridgehead atoms. The van der Waals surface area contributed by atoms with Crippen LogP contribution in [0.5, 0.6) is 0 Å². The number of hydrogen-bond donors (Lipinski definition) is 0. The maximum Gasteiger partial charge on any atom is 0.0434 e. The Morgan fingerprint density at radius 2 is 1.17 bits per heavy atom. The van der Waals surface area contributed by atoms with Gasteiger partial charge in [-0.3, -0.25) is 0 Å². The minimum atomic E-state index is 0. The van der Waals surface area contributed by atoms with E-state index in [0.717, 1.165) is 10.1 Å². The summed E-state index contributed by atoms with van der Waals surface area (Å²) >= 11 is 0. The van der Waals surface area contributed by atoms with E-state index in [2.05, 4.69) is 7.44 Å². The first kappa shape index (κ1) is 33.9. The molecule has 6 heavy (non-hydrogen) atoms. The Kier molecular flexibility index (Phi) is 221. The smallest absolute Gasteiger partial charge is 0.0388 e. The molecule has 3 radical (unpaired) electrons. The van der Waals surface area contributed by atoms with E-state index in [1.54, 1.807) is 0 Å². The molecule has 6 heteroatoms. The summed E-state index contributed by atoms with van der Waals surface area (Å²) in [6.45, 7) is 0. The minimum absolute atomic E-state index is 0. The standard InChI is InChI=1S/BH3Si.Hf.Nb.Ti.Zr/c1-2;;;;/h2H3;;;;. The Morgan fingerprint density at radius 1 is 1.17 bits per heavy atom. The minimum Gasteiger partial charge on any atom is -0.0388 e. The maximum atomic E-state index is 4.64. The molecule has 0 nitrogen and oxygen atoms in total. The fourth-order valence-electron chi connectivity index (χ4n) is 0. The van der Waals surface area contributed by atoms with Crippen LogP contribution in [0.1, 0.15) is 0 Å². The van der Waals surface area contributed by atoms with Gasteiger partial charge in [0, 0.05) is 104 Å². The van der Waals surface area contributed by atoms with Crippen molar-refractivity contribution in [3.63, 3.8) is 0 Å². The molecule has 27 valence electrons. The molecule has 0 aliphatic rings. The fraction of sp³-hybridized carbons (Fsp3) is 0. The molecular weight excluding hydrogens is 449 g/mol. The second kappa shape index (κ2) is 39.1. The van der Waals surface area contributed by atoms with Crippen LogP contribution in [0.3, 0.4) is 0 Å². The fourth-order valence-corrected chi connectivity index (χ4v) is 0. The van der Waals surface area contributed by atoms with Crippen molar-refractivity contribution in [2.45, 2.75) is 0 Å². The van der Waals surface area contributed by atoms with E-state index in [4.69, 9.17) is 0 Å². The third kappa shape index (κ3) is 25.9.